The molecule has 1 aromatic carbocycles. The number of urea groups is 1. The number of carbonyl (C=O) groups excluding carboxylic acids is 3. The predicted molar refractivity (Wildman–Crippen MR) is 108 cm³/mol. The van der Waals surface area contributed by atoms with Crippen LogP contribution in [0.4, 0.5) is 10.5 Å². The molecule has 0 radical (unpaired) electrons. The van der Waals surface area contributed by atoms with Gasteiger partial charge < -0.3 is 24.2 Å². The maximum absolute atomic E-state index is 13.2. The maximum Gasteiger partial charge on any atom is 0.328 e. The topological polar surface area (TPSA) is 95.0 Å². The molecule has 1 aromatic rings. The molecule has 10 nitrogen and oxygen atoms in total. The SMILES string of the molecule is CCOC(=O)CN1C(=O)C2C(N=C3N(c4cc(C)ccc4OC)CCN32)N(C)C1=O. The molecule has 30 heavy (non-hydrogen) atoms. The van der Waals surface area contributed by atoms with Crippen LogP contribution in [-0.4, -0.2) is 91.2 Å². The van der Waals surface area contributed by atoms with Crippen LogP contribution in [0.3, 0.4) is 0 Å². The first-order valence-electron chi connectivity index (χ1n) is 9.87. The molecule has 2 unspecified atom stereocenters. The van der Waals surface area contributed by atoms with E-state index in [2.05, 4.69) is 0 Å². The van der Waals surface area contributed by atoms with Crippen LogP contribution < -0.4 is 9.64 Å². The Labute approximate surface area is 174 Å². The number of ether oxygens (including phenoxy) is 2. The van der Waals surface area contributed by atoms with Crippen LogP contribution in [0.15, 0.2) is 23.2 Å². The molecule has 3 aliphatic rings. The van der Waals surface area contributed by atoms with Crippen molar-refractivity contribution in [2.75, 3.05) is 45.3 Å². The highest BCUT2D eigenvalue weighted by Crippen LogP contribution is 2.37. The van der Waals surface area contributed by atoms with Gasteiger partial charge in [-0.2, -0.15) is 0 Å². The highest BCUT2D eigenvalue weighted by atomic mass is 16.5. The highest BCUT2D eigenvalue weighted by Gasteiger charge is 2.55. The van der Waals surface area contributed by atoms with Gasteiger partial charge in [-0.1, -0.05) is 6.07 Å². The quantitative estimate of drug-likeness (QED) is 0.652. The second kappa shape index (κ2) is 7.51. The fourth-order valence-corrected chi connectivity index (χ4v) is 4.16. The van der Waals surface area contributed by atoms with Crippen molar-refractivity contribution in [2.45, 2.75) is 26.1 Å². The summed E-state index contributed by atoms with van der Waals surface area (Å²) in [4.78, 5) is 48.8. The summed E-state index contributed by atoms with van der Waals surface area (Å²) in [5.74, 6) is 0.283. The average Bonchev–Trinajstić information content (AvgIpc) is 3.29. The van der Waals surface area contributed by atoms with E-state index in [1.807, 2.05) is 34.9 Å². The Hall–Kier alpha value is -3.30. The van der Waals surface area contributed by atoms with Crippen LogP contribution in [0.5, 0.6) is 5.75 Å². The molecule has 2 saturated heterocycles. The zero-order valence-corrected chi connectivity index (χ0v) is 17.5. The first-order valence-corrected chi connectivity index (χ1v) is 9.87. The van der Waals surface area contributed by atoms with Gasteiger partial charge in [0.25, 0.3) is 5.91 Å². The van der Waals surface area contributed by atoms with Gasteiger partial charge in [0.1, 0.15) is 12.3 Å². The Morgan fingerprint density at radius 3 is 2.73 bits per heavy atom. The maximum atomic E-state index is 13.2. The number of amides is 3. The van der Waals surface area contributed by atoms with Gasteiger partial charge in [-0.05, 0) is 31.5 Å². The van der Waals surface area contributed by atoms with Gasteiger partial charge in [0.15, 0.2) is 12.2 Å². The number of aliphatic imine (C=N–C) groups is 1. The number of likely N-dealkylation sites (N-methyl/N-ethyl adjacent to an activating group) is 1. The molecule has 0 aromatic heterocycles. The van der Waals surface area contributed by atoms with E-state index in [9.17, 15) is 14.4 Å². The molecule has 3 amide bonds. The summed E-state index contributed by atoms with van der Waals surface area (Å²) in [6, 6.07) is 4.65. The number of methoxy groups -OCH3 is 1. The van der Waals surface area contributed by atoms with Crippen molar-refractivity contribution in [3.8, 4) is 5.75 Å². The largest absolute Gasteiger partial charge is 0.495 e. The second-order valence-electron chi connectivity index (χ2n) is 7.43. The van der Waals surface area contributed by atoms with E-state index in [1.165, 1.54) is 4.90 Å². The normalized spacial score (nSPS) is 22.9. The van der Waals surface area contributed by atoms with E-state index in [4.69, 9.17) is 14.5 Å². The van der Waals surface area contributed by atoms with E-state index in [-0.39, 0.29) is 6.61 Å². The van der Waals surface area contributed by atoms with Gasteiger partial charge in [-0.15, -0.1) is 0 Å². The Bertz CT molecular complexity index is 932. The lowest BCUT2D eigenvalue weighted by atomic mass is 10.1. The van der Waals surface area contributed by atoms with E-state index in [1.54, 1.807) is 21.1 Å². The zero-order valence-electron chi connectivity index (χ0n) is 17.5. The van der Waals surface area contributed by atoms with Gasteiger partial charge in [-0.25, -0.2) is 9.79 Å². The Morgan fingerprint density at radius 1 is 1.27 bits per heavy atom. The summed E-state index contributed by atoms with van der Waals surface area (Å²) in [6.07, 6.45) is -0.642. The van der Waals surface area contributed by atoms with Crippen LogP contribution in [0.2, 0.25) is 0 Å². The molecule has 3 aliphatic heterocycles. The van der Waals surface area contributed by atoms with Gasteiger partial charge >= 0.3 is 12.0 Å². The van der Waals surface area contributed by atoms with Crippen LogP contribution in [0.1, 0.15) is 12.5 Å². The number of carbonyl (C=O) groups is 3. The van der Waals surface area contributed by atoms with Gasteiger partial charge in [-0.3, -0.25) is 14.5 Å². The number of rotatable bonds is 5. The standard InChI is InChI=1S/C20H25N5O5/c1-5-30-15(26)11-25-18(27)16-17(22(3)20(25)28)21-19-23(8-9-24(16)19)13-10-12(2)6-7-14(13)29-4/h6-7,10,16-17H,5,8-9,11H2,1-4H3. The number of esters is 1. The minimum atomic E-state index is -0.669. The van der Waals surface area contributed by atoms with Crippen molar-refractivity contribution in [1.82, 2.24) is 14.7 Å². The van der Waals surface area contributed by atoms with Gasteiger partial charge in [0.05, 0.1) is 19.4 Å². The summed E-state index contributed by atoms with van der Waals surface area (Å²) in [7, 11) is 3.20. The number of anilines is 1. The lowest BCUT2D eigenvalue weighted by molar-refractivity contribution is -0.150. The first kappa shape index (κ1) is 20.0. The fraction of sp³-hybridized carbons (Fsp3) is 0.500. The van der Waals surface area contributed by atoms with Crippen molar-refractivity contribution >= 4 is 29.6 Å². The molecule has 2 atom stereocenters. The van der Waals surface area contributed by atoms with Crippen LogP contribution in [-0.2, 0) is 14.3 Å². The Kier molecular flexibility index (Phi) is 5.00. The minimum Gasteiger partial charge on any atom is -0.495 e. The van der Waals surface area contributed by atoms with E-state index in [0.29, 0.717) is 24.8 Å². The molecule has 4 rings (SSSR count). The van der Waals surface area contributed by atoms with Gasteiger partial charge in [0.2, 0.25) is 5.96 Å². The number of nitrogens with zero attached hydrogens (tertiary/aromatic N) is 5. The van der Waals surface area contributed by atoms with Crippen molar-refractivity contribution in [1.29, 1.82) is 0 Å². The summed E-state index contributed by atoms with van der Waals surface area (Å²) in [5.41, 5.74) is 1.94. The number of hydrogen-bond donors (Lipinski definition) is 0. The highest BCUT2D eigenvalue weighted by molar-refractivity contribution is 6.09. The molecule has 0 bridgehead atoms. The third-order valence-electron chi connectivity index (χ3n) is 5.59. The van der Waals surface area contributed by atoms with Crippen LogP contribution in [0.25, 0.3) is 0 Å². The van der Waals surface area contributed by atoms with Crippen molar-refractivity contribution in [3.05, 3.63) is 23.8 Å². The molecule has 3 heterocycles. The monoisotopic (exact) mass is 415 g/mol. The number of fused-ring (bicyclic) bond motifs is 3. The zero-order chi connectivity index (χ0) is 21.6. The molecule has 160 valence electrons. The number of imide groups is 1. The lowest BCUT2D eigenvalue weighted by Gasteiger charge is -2.40. The van der Waals surface area contributed by atoms with Crippen LogP contribution in [0, 0.1) is 6.92 Å². The first-order chi connectivity index (χ1) is 14.4. The number of benzene rings is 1. The van der Waals surface area contributed by atoms with Crippen LogP contribution >= 0.6 is 0 Å². The number of hydrogen-bond acceptors (Lipinski definition) is 8. The van der Waals surface area contributed by atoms with Crippen molar-refractivity contribution < 1.29 is 23.9 Å². The third-order valence-corrected chi connectivity index (χ3v) is 5.59. The summed E-state index contributed by atoms with van der Waals surface area (Å²) in [6.45, 7) is 4.65. The minimum absolute atomic E-state index is 0.184. The second-order valence-corrected chi connectivity index (χ2v) is 7.43. The predicted octanol–water partition coefficient (Wildman–Crippen LogP) is 0.647. The average molecular weight is 415 g/mol. The number of aryl methyl sites for hydroxylation is 1. The molecular formula is C20H25N5O5. The third kappa shape index (κ3) is 3.03. The number of guanidine groups is 1. The summed E-state index contributed by atoms with van der Waals surface area (Å²) in [5, 5.41) is 0. The Balaban J connectivity index is 1.64. The lowest BCUT2D eigenvalue weighted by Crippen LogP contribution is -2.65. The molecule has 0 spiro atoms. The van der Waals surface area contributed by atoms with Crippen molar-refractivity contribution in [2.24, 2.45) is 4.99 Å². The molecule has 0 saturated carbocycles. The molecular weight excluding hydrogens is 390 g/mol. The van der Waals surface area contributed by atoms with E-state index >= 15 is 0 Å². The van der Waals surface area contributed by atoms with E-state index < -0.39 is 36.7 Å². The molecule has 2 fully saturated rings. The fourth-order valence-electron chi connectivity index (χ4n) is 4.16. The van der Waals surface area contributed by atoms with E-state index in [0.717, 1.165) is 16.2 Å². The summed E-state index contributed by atoms with van der Waals surface area (Å²) < 4.78 is 10.4. The molecule has 10 heteroatoms. The molecule has 0 aliphatic carbocycles. The molecule has 0 N–H and O–H groups in total. The van der Waals surface area contributed by atoms with Crippen molar-refractivity contribution in [3.63, 3.8) is 0 Å². The van der Waals surface area contributed by atoms with Gasteiger partial charge in [0, 0.05) is 20.1 Å². The smallest absolute Gasteiger partial charge is 0.328 e. The summed E-state index contributed by atoms with van der Waals surface area (Å²) >= 11 is 0. The Morgan fingerprint density at radius 2 is 2.03 bits per heavy atom.